The molecule has 2 amide bonds. The Morgan fingerprint density at radius 2 is 1.92 bits per heavy atom. The SMILES string of the molecule is CCCNC(=O)c1ccc(NC(=O)C2CC3CCCC(C2)C3N)cc1Cl. The van der Waals surface area contributed by atoms with Crippen LogP contribution in [0.15, 0.2) is 18.2 Å². The number of fused-ring (bicyclic) bond motifs is 2. The van der Waals surface area contributed by atoms with Crippen molar-refractivity contribution in [3.05, 3.63) is 28.8 Å². The highest BCUT2D eigenvalue weighted by atomic mass is 35.5. The average molecular weight is 378 g/mol. The smallest absolute Gasteiger partial charge is 0.252 e. The van der Waals surface area contributed by atoms with Crippen LogP contribution in [0.25, 0.3) is 0 Å². The lowest BCUT2D eigenvalue weighted by Crippen LogP contribution is -2.48. The van der Waals surface area contributed by atoms with E-state index in [0.29, 0.717) is 34.7 Å². The molecule has 1 aromatic rings. The largest absolute Gasteiger partial charge is 0.352 e. The Labute approximate surface area is 160 Å². The summed E-state index contributed by atoms with van der Waals surface area (Å²) in [4.78, 5) is 24.8. The molecular weight excluding hydrogens is 350 g/mol. The monoisotopic (exact) mass is 377 g/mol. The van der Waals surface area contributed by atoms with Crippen LogP contribution in [0, 0.1) is 17.8 Å². The zero-order valence-corrected chi connectivity index (χ0v) is 16.0. The lowest BCUT2D eigenvalue weighted by molar-refractivity contribution is -0.122. The Kier molecular flexibility index (Phi) is 6.20. The average Bonchev–Trinajstić information content (AvgIpc) is 2.59. The Morgan fingerprint density at radius 1 is 1.23 bits per heavy atom. The van der Waals surface area contributed by atoms with Crippen molar-refractivity contribution in [2.24, 2.45) is 23.5 Å². The molecule has 4 N–H and O–H groups in total. The summed E-state index contributed by atoms with van der Waals surface area (Å²) in [5.41, 5.74) is 7.37. The lowest BCUT2D eigenvalue weighted by atomic mass is 9.65. The number of carbonyl (C=O) groups excluding carboxylic acids is 2. The van der Waals surface area contributed by atoms with Crippen molar-refractivity contribution in [3.63, 3.8) is 0 Å². The molecular formula is C20H28ClN3O2. The van der Waals surface area contributed by atoms with Crippen LogP contribution in [-0.2, 0) is 4.79 Å². The van der Waals surface area contributed by atoms with Crippen molar-refractivity contribution in [3.8, 4) is 0 Å². The molecule has 2 saturated carbocycles. The van der Waals surface area contributed by atoms with Gasteiger partial charge in [-0.15, -0.1) is 0 Å². The van der Waals surface area contributed by atoms with Crippen molar-refractivity contribution in [1.82, 2.24) is 5.32 Å². The summed E-state index contributed by atoms with van der Waals surface area (Å²) in [6, 6.07) is 5.30. The van der Waals surface area contributed by atoms with E-state index >= 15 is 0 Å². The van der Waals surface area contributed by atoms with Crippen LogP contribution >= 0.6 is 11.6 Å². The molecule has 142 valence electrons. The van der Waals surface area contributed by atoms with E-state index in [1.54, 1.807) is 18.2 Å². The number of amides is 2. The number of hydrogen-bond acceptors (Lipinski definition) is 3. The van der Waals surface area contributed by atoms with Crippen molar-refractivity contribution >= 4 is 29.1 Å². The van der Waals surface area contributed by atoms with E-state index in [-0.39, 0.29) is 23.8 Å². The second-order valence-electron chi connectivity index (χ2n) is 7.64. The number of nitrogens with one attached hydrogen (secondary N) is 2. The molecule has 2 aliphatic rings. The van der Waals surface area contributed by atoms with Gasteiger partial charge in [0, 0.05) is 24.2 Å². The van der Waals surface area contributed by atoms with E-state index in [1.165, 1.54) is 6.42 Å². The third kappa shape index (κ3) is 4.21. The Balaban J connectivity index is 1.63. The maximum Gasteiger partial charge on any atom is 0.252 e. The van der Waals surface area contributed by atoms with E-state index < -0.39 is 0 Å². The number of hydrogen-bond donors (Lipinski definition) is 3. The third-order valence-corrected chi connectivity index (χ3v) is 6.11. The molecule has 0 spiro atoms. The summed E-state index contributed by atoms with van der Waals surface area (Å²) in [5.74, 6) is 0.784. The standard InChI is InChI=1S/C20H28ClN3O2/c1-2-8-23-20(26)16-7-6-15(11-17(16)21)24-19(25)14-9-12-4-3-5-13(10-14)18(12)22/h6-7,11-14,18H,2-5,8-10,22H2,1H3,(H,23,26)(H,24,25). The number of nitrogens with two attached hydrogens (primary N) is 1. The molecule has 2 bridgehead atoms. The Morgan fingerprint density at radius 3 is 2.54 bits per heavy atom. The van der Waals surface area contributed by atoms with Gasteiger partial charge in [-0.25, -0.2) is 0 Å². The van der Waals surface area contributed by atoms with Crippen molar-refractivity contribution in [2.45, 2.75) is 51.5 Å². The van der Waals surface area contributed by atoms with E-state index in [9.17, 15) is 9.59 Å². The van der Waals surface area contributed by atoms with Crippen LogP contribution in [0.5, 0.6) is 0 Å². The number of rotatable bonds is 5. The Hall–Kier alpha value is -1.59. The normalized spacial score (nSPS) is 27.7. The fourth-order valence-electron chi connectivity index (χ4n) is 4.36. The maximum atomic E-state index is 12.7. The van der Waals surface area contributed by atoms with E-state index in [0.717, 1.165) is 32.1 Å². The fraction of sp³-hybridized carbons (Fsp3) is 0.600. The van der Waals surface area contributed by atoms with E-state index in [2.05, 4.69) is 10.6 Å². The van der Waals surface area contributed by atoms with Gasteiger partial charge in [-0.1, -0.05) is 24.9 Å². The highest BCUT2D eigenvalue weighted by Gasteiger charge is 2.40. The zero-order chi connectivity index (χ0) is 18.7. The van der Waals surface area contributed by atoms with Crippen molar-refractivity contribution in [2.75, 3.05) is 11.9 Å². The molecule has 0 aliphatic heterocycles. The second kappa shape index (κ2) is 8.40. The highest BCUT2D eigenvalue weighted by molar-refractivity contribution is 6.34. The predicted octanol–water partition coefficient (Wildman–Crippen LogP) is 3.57. The van der Waals surface area contributed by atoms with Gasteiger partial charge in [0.1, 0.15) is 0 Å². The Bertz CT molecular complexity index is 665. The molecule has 2 aliphatic carbocycles. The van der Waals surface area contributed by atoms with Crippen LogP contribution in [0.1, 0.15) is 55.8 Å². The maximum absolute atomic E-state index is 12.7. The summed E-state index contributed by atoms with van der Waals surface area (Å²) >= 11 is 6.24. The second-order valence-corrected chi connectivity index (χ2v) is 8.04. The first-order valence-corrected chi connectivity index (χ1v) is 10.0. The van der Waals surface area contributed by atoms with Crippen molar-refractivity contribution in [1.29, 1.82) is 0 Å². The van der Waals surface area contributed by atoms with Gasteiger partial charge in [0.05, 0.1) is 10.6 Å². The minimum atomic E-state index is -0.191. The zero-order valence-electron chi connectivity index (χ0n) is 15.3. The molecule has 26 heavy (non-hydrogen) atoms. The molecule has 6 heteroatoms. The summed E-state index contributed by atoms with van der Waals surface area (Å²) < 4.78 is 0. The molecule has 0 heterocycles. The molecule has 2 atom stereocenters. The van der Waals surface area contributed by atoms with E-state index in [4.69, 9.17) is 17.3 Å². The molecule has 0 aromatic heterocycles. The van der Waals surface area contributed by atoms with Crippen LogP contribution in [0.2, 0.25) is 5.02 Å². The summed E-state index contributed by atoms with van der Waals surface area (Å²) in [5, 5.41) is 6.12. The molecule has 5 nitrogen and oxygen atoms in total. The summed E-state index contributed by atoms with van der Waals surface area (Å²) in [6.07, 6.45) is 6.10. The fourth-order valence-corrected chi connectivity index (χ4v) is 4.62. The van der Waals surface area contributed by atoms with Crippen LogP contribution in [0.4, 0.5) is 5.69 Å². The van der Waals surface area contributed by atoms with Crippen LogP contribution in [-0.4, -0.2) is 24.4 Å². The number of halogens is 1. The topological polar surface area (TPSA) is 84.2 Å². The number of carbonyl (C=O) groups is 2. The van der Waals surface area contributed by atoms with Crippen LogP contribution < -0.4 is 16.4 Å². The molecule has 2 unspecified atom stereocenters. The van der Waals surface area contributed by atoms with Crippen LogP contribution in [0.3, 0.4) is 0 Å². The predicted molar refractivity (Wildman–Crippen MR) is 104 cm³/mol. The van der Waals surface area contributed by atoms with Gasteiger partial charge in [-0.3, -0.25) is 9.59 Å². The first kappa shape index (κ1) is 19.2. The first-order valence-electron chi connectivity index (χ1n) is 9.63. The molecule has 3 rings (SSSR count). The highest BCUT2D eigenvalue weighted by Crippen LogP contribution is 2.42. The minimum Gasteiger partial charge on any atom is -0.352 e. The lowest BCUT2D eigenvalue weighted by Gasteiger charge is -2.43. The number of anilines is 1. The molecule has 2 fully saturated rings. The number of benzene rings is 1. The van der Waals surface area contributed by atoms with Gasteiger partial charge in [0.15, 0.2) is 0 Å². The molecule has 0 saturated heterocycles. The first-order chi connectivity index (χ1) is 12.5. The van der Waals surface area contributed by atoms with Crippen molar-refractivity contribution < 1.29 is 9.59 Å². The minimum absolute atomic E-state index is 0.0106. The quantitative estimate of drug-likeness (QED) is 0.733. The molecule has 0 radical (unpaired) electrons. The third-order valence-electron chi connectivity index (χ3n) is 5.80. The van der Waals surface area contributed by atoms with Gasteiger partial charge in [-0.05, 0) is 62.1 Å². The summed E-state index contributed by atoms with van der Waals surface area (Å²) in [7, 11) is 0. The van der Waals surface area contributed by atoms with Gasteiger partial charge in [0.2, 0.25) is 5.91 Å². The van der Waals surface area contributed by atoms with E-state index in [1.807, 2.05) is 6.92 Å². The summed E-state index contributed by atoms with van der Waals surface area (Å²) in [6.45, 7) is 2.60. The van der Waals surface area contributed by atoms with Gasteiger partial charge < -0.3 is 16.4 Å². The van der Waals surface area contributed by atoms with Gasteiger partial charge >= 0.3 is 0 Å². The van der Waals surface area contributed by atoms with Gasteiger partial charge in [-0.2, -0.15) is 0 Å². The van der Waals surface area contributed by atoms with Gasteiger partial charge in [0.25, 0.3) is 5.91 Å². The molecule has 1 aromatic carbocycles.